The van der Waals surface area contributed by atoms with Gasteiger partial charge in [0.05, 0.1) is 23.5 Å². The maximum Gasteiger partial charge on any atom is 0.162 e. The van der Waals surface area contributed by atoms with E-state index in [1.54, 1.807) is 0 Å². The maximum absolute atomic E-state index is 5.88. The molecule has 1 unspecified atom stereocenters. The first kappa shape index (κ1) is 27.4. The van der Waals surface area contributed by atoms with Crippen molar-refractivity contribution in [2.45, 2.75) is 103 Å². The Balaban J connectivity index is 1.39. The molecule has 4 aromatic rings. The van der Waals surface area contributed by atoms with Crippen LogP contribution in [0.4, 0.5) is 11.5 Å². The van der Waals surface area contributed by atoms with Crippen LogP contribution in [0.5, 0.6) is 0 Å². The summed E-state index contributed by atoms with van der Waals surface area (Å²) in [6.07, 6.45) is 7.72. The number of piperidine rings is 1. The highest BCUT2D eigenvalue weighted by molar-refractivity contribution is 5.95. The second kappa shape index (κ2) is 10.7. The normalized spacial score (nSPS) is 22.0. The van der Waals surface area contributed by atoms with E-state index in [2.05, 4.69) is 84.9 Å². The molecule has 0 radical (unpaired) electrons. The number of rotatable bonds is 6. The number of H-pyrrole nitrogens is 1. The average Bonchev–Trinajstić information content (AvgIpc) is 3.57. The van der Waals surface area contributed by atoms with Gasteiger partial charge in [-0.2, -0.15) is 5.10 Å². The minimum Gasteiger partial charge on any atom is -0.381 e. The van der Waals surface area contributed by atoms with Crippen LogP contribution in [0.3, 0.4) is 0 Å². The largest absolute Gasteiger partial charge is 0.381 e. The van der Waals surface area contributed by atoms with Gasteiger partial charge in [0, 0.05) is 60.9 Å². The lowest BCUT2D eigenvalue weighted by Gasteiger charge is -2.42. The van der Waals surface area contributed by atoms with Gasteiger partial charge in [-0.15, -0.1) is 0 Å². The number of hydrogen-bond acceptors (Lipinski definition) is 6. The van der Waals surface area contributed by atoms with Crippen LogP contribution in [0, 0.1) is 6.92 Å². The topological polar surface area (TPSA) is 70.2 Å². The number of nitrogens with zero attached hydrogens (tertiary/aromatic N) is 5. The number of aromatic nitrogens is 4. The van der Waals surface area contributed by atoms with E-state index in [1.165, 1.54) is 46.5 Å². The van der Waals surface area contributed by atoms with Gasteiger partial charge in [0.1, 0.15) is 5.82 Å². The van der Waals surface area contributed by atoms with Crippen LogP contribution >= 0.6 is 0 Å². The molecule has 2 aromatic heterocycles. The van der Waals surface area contributed by atoms with Gasteiger partial charge in [0.2, 0.25) is 0 Å². The maximum atomic E-state index is 5.88. The van der Waals surface area contributed by atoms with Gasteiger partial charge in [-0.05, 0) is 73.3 Å². The van der Waals surface area contributed by atoms with Gasteiger partial charge in [-0.25, -0.2) is 9.97 Å². The third-order valence-electron chi connectivity index (χ3n) is 10.0. The zero-order valence-electron chi connectivity index (χ0n) is 25.9. The number of benzene rings is 2. The lowest BCUT2D eigenvalue weighted by atomic mass is 9.93. The number of aryl methyl sites for hydroxylation is 1. The van der Waals surface area contributed by atoms with E-state index in [0.29, 0.717) is 30.0 Å². The van der Waals surface area contributed by atoms with Gasteiger partial charge in [-0.3, -0.25) is 5.10 Å². The Hall–Kier alpha value is -3.45. The highest BCUT2D eigenvalue weighted by Gasteiger charge is 2.43. The van der Waals surface area contributed by atoms with E-state index in [9.17, 15) is 0 Å². The van der Waals surface area contributed by atoms with E-state index in [-0.39, 0.29) is 0 Å². The molecule has 220 valence electrons. The van der Waals surface area contributed by atoms with Gasteiger partial charge in [-0.1, -0.05) is 45.9 Å². The van der Waals surface area contributed by atoms with Crippen molar-refractivity contribution in [2.24, 2.45) is 0 Å². The first-order chi connectivity index (χ1) is 20.3. The molecule has 3 aliphatic rings. The molecule has 0 spiro atoms. The number of nitrogens with one attached hydrogen (secondary N) is 1. The van der Waals surface area contributed by atoms with Crippen LogP contribution in [0.2, 0.25) is 0 Å². The Morgan fingerprint density at radius 1 is 0.976 bits per heavy atom. The van der Waals surface area contributed by atoms with E-state index in [0.717, 1.165) is 60.5 Å². The van der Waals surface area contributed by atoms with E-state index >= 15 is 0 Å². The SMILES string of the molecule is COC1C[C@H]2CC[C@@H](C1)N2c1nc(-c2c(C(C)C)ccc3[nH]ncc23)nc2c1CN(c1cc(C(C)C)ccc1C)CC2. The summed E-state index contributed by atoms with van der Waals surface area (Å²) in [5.41, 5.74) is 10.00. The van der Waals surface area contributed by atoms with Crippen molar-refractivity contribution in [1.82, 2.24) is 20.2 Å². The Morgan fingerprint density at radius 3 is 2.48 bits per heavy atom. The standard InChI is InChI=1S/C35H44N6O/c1-20(2)23-8-7-22(5)32(15-23)40-14-13-30-29(19-40)35(41-24-9-10-25(41)17-26(16-24)42-6)38-34(37-30)33-27(21(3)4)11-12-31-28(33)18-36-39-31/h7-8,11-12,15,18,20-21,24-26H,9-10,13-14,16-17,19H2,1-6H3,(H,36,39)/t24-,25+,26?. The molecule has 2 fully saturated rings. The van der Waals surface area contributed by atoms with Gasteiger partial charge in [0.25, 0.3) is 0 Å². The average molecular weight is 565 g/mol. The molecule has 3 atom stereocenters. The zero-order chi connectivity index (χ0) is 29.1. The van der Waals surface area contributed by atoms with E-state index in [4.69, 9.17) is 14.7 Å². The number of fused-ring (bicyclic) bond motifs is 4. The Kier molecular flexibility index (Phi) is 6.96. The van der Waals surface area contributed by atoms with Crippen molar-refractivity contribution in [2.75, 3.05) is 23.5 Å². The van der Waals surface area contributed by atoms with Crippen molar-refractivity contribution in [3.63, 3.8) is 0 Å². The summed E-state index contributed by atoms with van der Waals surface area (Å²) in [6, 6.07) is 12.2. The molecule has 5 heterocycles. The third kappa shape index (κ3) is 4.57. The molecule has 1 N–H and O–H groups in total. The molecule has 3 aliphatic heterocycles. The van der Waals surface area contributed by atoms with Gasteiger partial charge >= 0.3 is 0 Å². The highest BCUT2D eigenvalue weighted by atomic mass is 16.5. The monoisotopic (exact) mass is 564 g/mol. The number of aromatic amines is 1. The fourth-order valence-corrected chi connectivity index (χ4v) is 7.68. The Bertz CT molecular complexity index is 1610. The lowest BCUT2D eigenvalue weighted by Crippen LogP contribution is -2.47. The summed E-state index contributed by atoms with van der Waals surface area (Å²) in [5, 5.41) is 8.68. The lowest BCUT2D eigenvalue weighted by molar-refractivity contribution is 0.0681. The molecule has 42 heavy (non-hydrogen) atoms. The molecule has 2 aromatic carbocycles. The molecule has 0 aliphatic carbocycles. The minimum absolute atomic E-state index is 0.334. The Labute approximate surface area is 249 Å². The smallest absolute Gasteiger partial charge is 0.162 e. The molecule has 2 bridgehead atoms. The van der Waals surface area contributed by atoms with E-state index in [1.807, 2.05) is 13.3 Å². The zero-order valence-corrected chi connectivity index (χ0v) is 25.9. The van der Waals surface area contributed by atoms with Crippen molar-refractivity contribution in [3.05, 3.63) is 64.5 Å². The molecular weight excluding hydrogens is 520 g/mol. The molecule has 0 amide bonds. The molecule has 7 heteroatoms. The molecule has 7 nitrogen and oxygen atoms in total. The fourth-order valence-electron chi connectivity index (χ4n) is 7.68. The number of anilines is 2. The predicted molar refractivity (Wildman–Crippen MR) is 171 cm³/mol. The van der Waals surface area contributed by atoms with Crippen LogP contribution < -0.4 is 9.80 Å². The summed E-state index contributed by atoms with van der Waals surface area (Å²) >= 11 is 0. The van der Waals surface area contributed by atoms with Crippen LogP contribution in [0.15, 0.2) is 36.5 Å². The first-order valence-corrected chi connectivity index (χ1v) is 15.8. The van der Waals surface area contributed by atoms with Crippen LogP contribution in [0.1, 0.15) is 93.2 Å². The molecule has 7 rings (SSSR count). The van der Waals surface area contributed by atoms with Crippen molar-refractivity contribution < 1.29 is 4.74 Å². The quantitative estimate of drug-likeness (QED) is 0.265. The Morgan fingerprint density at radius 2 is 1.76 bits per heavy atom. The minimum atomic E-state index is 0.334. The molecule has 2 saturated heterocycles. The van der Waals surface area contributed by atoms with Crippen LogP contribution in [-0.2, 0) is 17.7 Å². The predicted octanol–water partition coefficient (Wildman–Crippen LogP) is 7.28. The summed E-state index contributed by atoms with van der Waals surface area (Å²) in [5.74, 6) is 2.85. The fraction of sp³-hybridized carbons (Fsp3) is 0.514. The summed E-state index contributed by atoms with van der Waals surface area (Å²) in [4.78, 5) is 16.2. The van der Waals surface area contributed by atoms with Gasteiger partial charge in [0.15, 0.2) is 5.82 Å². The summed E-state index contributed by atoms with van der Waals surface area (Å²) < 4.78 is 5.88. The second-order valence-electron chi connectivity index (χ2n) is 13.3. The first-order valence-electron chi connectivity index (χ1n) is 15.8. The molecule has 0 saturated carbocycles. The number of hydrogen-bond donors (Lipinski definition) is 1. The number of methoxy groups -OCH3 is 1. The highest BCUT2D eigenvalue weighted by Crippen LogP contribution is 2.44. The van der Waals surface area contributed by atoms with Crippen LogP contribution in [-0.4, -0.2) is 52.0 Å². The van der Waals surface area contributed by atoms with Crippen molar-refractivity contribution in [1.29, 1.82) is 0 Å². The van der Waals surface area contributed by atoms with Gasteiger partial charge < -0.3 is 14.5 Å². The molecular formula is C35H44N6O. The van der Waals surface area contributed by atoms with E-state index < -0.39 is 0 Å². The van der Waals surface area contributed by atoms with Crippen LogP contribution in [0.25, 0.3) is 22.3 Å². The number of ether oxygens (including phenoxy) is 1. The second-order valence-corrected chi connectivity index (χ2v) is 13.3. The summed E-state index contributed by atoms with van der Waals surface area (Å²) in [6.45, 7) is 13.1. The summed E-state index contributed by atoms with van der Waals surface area (Å²) in [7, 11) is 1.87. The van der Waals surface area contributed by atoms with Crippen molar-refractivity contribution in [3.8, 4) is 11.4 Å². The van der Waals surface area contributed by atoms with Crippen molar-refractivity contribution >= 4 is 22.4 Å². The third-order valence-corrected chi connectivity index (χ3v) is 10.0.